The second-order valence-corrected chi connectivity index (χ2v) is 5.03. The van der Waals surface area contributed by atoms with Gasteiger partial charge in [-0.2, -0.15) is 0 Å². The Morgan fingerprint density at radius 3 is 2.50 bits per heavy atom. The molecule has 0 aromatic heterocycles. The lowest BCUT2D eigenvalue weighted by molar-refractivity contribution is -0.127. The van der Waals surface area contributed by atoms with Gasteiger partial charge in [0.25, 0.3) is 0 Å². The number of hydrogen-bond donors (Lipinski definition) is 0. The lowest BCUT2D eigenvalue weighted by Crippen LogP contribution is -2.38. The van der Waals surface area contributed by atoms with Crippen molar-refractivity contribution in [3.05, 3.63) is 34.1 Å². The minimum absolute atomic E-state index is 0.151. The van der Waals surface area contributed by atoms with Gasteiger partial charge in [-0.05, 0) is 23.8 Å². The summed E-state index contributed by atoms with van der Waals surface area (Å²) in [6.45, 7) is 2.00. The third-order valence-corrected chi connectivity index (χ3v) is 3.19. The molecule has 0 amide bonds. The van der Waals surface area contributed by atoms with E-state index in [9.17, 15) is 9.18 Å². The first kappa shape index (κ1) is 9.84. The third-order valence-electron chi connectivity index (χ3n) is 2.73. The molecule has 1 aromatic carbocycles. The van der Waals surface area contributed by atoms with E-state index in [2.05, 4.69) is 15.9 Å². The molecule has 1 aromatic rings. The fraction of sp³-hybridized carbons (Fsp3) is 0.364. The number of benzene rings is 1. The van der Waals surface area contributed by atoms with E-state index in [4.69, 9.17) is 0 Å². The molecule has 0 radical (unpaired) electrons. The molecule has 0 heterocycles. The van der Waals surface area contributed by atoms with Crippen LogP contribution in [0, 0.1) is 5.82 Å². The van der Waals surface area contributed by atoms with Gasteiger partial charge in [-0.3, -0.25) is 4.79 Å². The Bertz CT molecular complexity index is 372. The Hall–Kier alpha value is -0.700. The molecular formula is C11H10BrFO. The normalized spacial score (nSPS) is 19.2. The minimum atomic E-state index is -0.255. The Kier molecular flexibility index (Phi) is 2.22. The molecule has 1 fully saturated rings. The Balaban J connectivity index is 2.37. The van der Waals surface area contributed by atoms with Crippen molar-refractivity contribution in [2.45, 2.75) is 25.2 Å². The average molecular weight is 257 g/mol. The van der Waals surface area contributed by atoms with E-state index in [-0.39, 0.29) is 17.0 Å². The third kappa shape index (κ3) is 1.61. The summed E-state index contributed by atoms with van der Waals surface area (Å²) in [5.74, 6) is 0.00262. The number of carbonyl (C=O) groups excluding carboxylic acids is 1. The van der Waals surface area contributed by atoms with Crippen molar-refractivity contribution >= 4 is 21.7 Å². The summed E-state index contributed by atoms with van der Waals surface area (Å²) in [5, 5.41) is 0. The maximum absolute atomic E-state index is 13.1. The van der Waals surface area contributed by atoms with E-state index >= 15 is 0 Å². The molecule has 1 nitrogen and oxygen atoms in total. The van der Waals surface area contributed by atoms with Crippen molar-refractivity contribution in [2.24, 2.45) is 0 Å². The maximum atomic E-state index is 13.1. The highest BCUT2D eigenvalue weighted by molar-refractivity contribution is 9.10. The van der Waals surface area contributed by atoms with Crippen molar-refractivity contribution in [2.75, 3.05) is 0 Å². The minimum Gasteiger partial charge on any atom is -0.300 e. The number of Topliss-reactive ketones (excluding diaryl/α,β-unsaturated/α-hetero) is 1. The SMILES string of the molecule is CC1(c2cc(F)cc(Br)c2)CC(=O)C1. The predicted octanol–water partition coefficient (Wildman–Crippen LogP) is 3.21. The van der Waals surface area contributed by atoms with E-state index in [1.54, 1.807) is 0 Å². The molecule has 1 saturated carbocycles. The predicted molar refractivity (Wildman–Crippen MR) is 55.7 cm³/mol. The lowest BCUT2D eigenvalue weighted by Gasteiger charge is -2.37. The van der Waals surface area contributed by atoms with Gasteiger partial charge in [0, 0.05) is 22.7 Å². The Labute approximate surface area is 90.4 Å². The van der Waals surface area contributed by atoms with Gasteiger partial charge in [-0.1, -0.05) is 22.9 Å². The summed E-state index contributed by atoms with van der Waals surface area (Å²) < 4.78 is 13.8. The second kappa shape index (κ2) is 3.16. The number of carbonyl (C=O) groups is 1. The zero-order valence-corrected chi connectivity index (χ0v) is 9.40. The molecule has 74 valence electrons. The number of rotatable bonds is 1. The van der Waals surface area contributed by atoms with Gasteiger partial charge in [-0.15, -0.1) is 0 Å². The van der Waals surface area contributed by atoms with Crippen molar-refractivity contribution in [3.63, 3.8) is 0 Å². The lowest BCUT2D eigenvalue weighted by atomic mass is 9.65. The van der Waals surface area contributed by atoms with Gasteiger partial charge in [0.05, 0.1) is 0 Å². The Morgan fingerprint density at radius 2 is 2.00 bits per heavy atom. The summed E-state index contributed by atoms with van der Waals surface area (Å²) in [6.07, 6.45) is 1.06. The standard InChI is InChI=1S/C11H10BrFO/c1-11(5-10(14)6-11)7-2-8(12)4-9(13)3-7/h2-4H,5-6H2,1H3. The first-order chi connectivity index (χ1) is 6.49. The summed E-state index contributed by atoms with van der Waals surface area (Å²) in [7, 11) is 0. The van der Waals surface area contributed by atoms with Crippen molar-refractivity contribution in [3.8, 4) is 0 Å². The van der Waals surface area contributed by atoms with Crippen LogP contribution >= 0.6 is 15.9 Å². The van der Waals surface area contributed by atoms with E-state index in [1.165, 1.54) is 12.1 Å². The number of ketones is 1. The fourth-order valence-corrected chi connectivity index (χ4v) is 2.39. The van der Waals surface area contributed by atoms with E-state index < -0.39 is 0 Å². The van der Waals surface area contributed by atoms with Crippen LogP contribution in [-0.2, 0) is 10.2 Å². The zero-order chi connectivity index (χ0) is 10.3. The van der Waals surface area contributed by atoms with Gasteiger partial charge in [0.2, 0.25) is 0 Å². The van der Waals surface area contributed by atoms with Crippen LogP contribution in [0.1, 0.15) is 25.3 Å². The molecule has 0 N–H and O–H groups in total. The molecule has 0 bridgehead atoms. The monoisotopic (exact) mass is 256 g/mol. The average Bonchev–Trinajstić information content (AvgIpc) is 1.99. The summed E-state index contributed by atoms with van der Waals surface area (Å²) >= 11 is 3.25. The molecule has 1 aliphatic carbocycles. The van der Waals surface area contributed by atoms with E-state index in [0.717, 1.165) is 10.0 Å². The van der Waals surface area contributed by atoms with Gasteiger partial charge in [-0.25, -0.2) is 4.39 Å². The van der Waals surface area contributed by atoms with Crippen molar-refractivity contribution in [1.29, 1.82) is 0 Å². The molecule has 0 saturated heterocycles. The number of halogens is 2. The molecule has 2 rings (SSSR count). The van der Waals surface area contributed by atoms with Crippen LogP contribution in [0.15, 0.2) is 22.7 Å². The highest BCUT2D eigenvalue weighted by Crippen LogP contribution is 2.41. The molecule has 14 heavy (non-hydrogen) atoms. The maximum Gasteiger partial charge on any atom is 0.134 e. The smallest absolute Gasteiger partial charge is 0.134 e. The highest BCUT2D eigenvalue weighted by atomic mass is 79.9. The second-order valence-electron chi connectivity index (χ2n) is 4.11. The van der Waals surface area contributed by atoms with Crippen LogP contribution < -0.4 is 0 Å². The first-order valence-electron chi connectivity index (χ1n) is 4.48. The van der Waals surface area contributed by atoms with Crippen molar-refractivity contribution in [1.82, 2.24) is 0 Å². The topological polar surface area (TPSA) is 17.1 Å². The first-order valence-corrected chi connectivity index (χ1v) is 5.27. The van der Waals surface area contributed by atoms with E-state index in [1.807, 2.05) is 13.0 Å². The molecule has 0 unspecified atom stereocenters. The number of hydrogen-bond acceptors (Lipinski definition) is 1. The van der Waals surface area contributed by atoms with Crippen LogP contribution in [0.4, 0.5) is 4.39 Å². The van der Waals surface area contributed by atoms with Crippen LogP contribution in [0.5, 0.6) is 0 Å². The van der Waals surface area contributed by atoms with Crippen LogP contribution in [0.3, 0.4) is 0 Å². The van der Waals surface area contributed by atoms with Crippen LogP contribution in [0.2, 0.25) is 0 Å². The Morgan fingerprint density at radius 1 is 1.36 bits per heavy atom. The quantitative estimate of drug-likeness (QED) is 0.755. The summed E-state index contributed by atoms with van der Waals surface area (Å²) in [4.78, 5) is 11.0. The molecule has 0 aliphatic heterocycles. The van der Waals surface area contributed by atoms with Gasteiger partial charge < -0.3 is 0 Å². The zero-order valence-electron chi connectivity index (χ0n) is 7.81. The molecule has 3 heteroatoms. The van der Waals surface area contributed by atoms with Gasteiger partial charge >= 0.3 is 0 Å². The van der Waals surface area contributed by atoms with Crippen LogP contribution in [0.25, 0.3) is 0 Å². The molecule has 0 atom stereocenters. The summed E-state index contributed by atoms with van der Waals surface area (Å²) in [5.41, 5.74) is 0.755. The fourth-order valence-electron chi connectivity index (χ4n) is 1.92. The van der Waals surface area contributed by atoms with Gasteiger partial charge in [0.1, 0.15) is 11.6 Å². The molecule has 1 aliphatic rings. The molecular weight excluding hydrogens is 247 g/mol. The molecule has 0 spiro atoms. The van der Waals surface area contributed by atoms with Crippen molar-refractivity contribution < 1.29 is 9.18 Å². The summed E-state index contributed by atoms with van der Waals surface area (Å²) in [6, 6.07) is 4.82. The van der Waals surface area contributed by atoms with E-state index in [0.29, 0.717) is 12.8 Å². The van der Waals surface area contributed by atoms with Gasteiger partial charge in [0.15, 0.2) is 0 Å². The highest BCUT2D eigenvalue weighted by Gasteiger charge is 2.40. The largest absolute Gasteiger partial charge is 0.300 e. The van der Waals surface area contributed by atoms with Crippen LogP contribution in [-0.4, -0.2) is 5.78 Å².